The van der Waals surface area contributed by atoms with E-state index in [2.05, 4.69) is 20.6 Å². The Kier molecular flexibility index (Phi) is 5.87. The van der Waals surface area contributed by atoms with E-state index >= 15 is 0 Å². The summed E-state index contributed by atoms with van der Waals surface area (Å²) in [6.45, 7) is 1.93. The topological polar surface area (TPSA) is 85.4 Å². The van der Waals surface area contributed by atoms with Crippen molar-refractivity contribution in [3.05, 3.63) is 53.2 Å². The fourth-order valence-electron chi connectivity index (χ4n) is 2.44. The number of carbonyl (C=O) groups is 1. The molecule has 1 amide bonds. The smallest absolute Gasteiger partial charge is 0.230 e. The molecule has 0 fully saturated rings. The van der Waals surface area contributed by atoms with Gasteiger partial charge in [-0.2, -0.15) is 0 Å². The molecule has 0 saturated carbocycles. The number of rotatable bonds is 7. The Hall–Kier alpha value is -3.13. The molecule has 27 heavy (non-hydrogen) atoms. The maximum atomic E-state index is 12.4. The van der Waals surface area contributed by atoms with E-state index in [-0.39, 0.29) is 12.3 Å². The first-order valence-corrected chi connectivity index (χ1v) is 9.12. The Morgan fingerprint density at radius 1 is 1.15 bits per heavy atom. The van der Waals surface area contributed by atoms with Crippen LogP contribution in [0.5, 0.6) is 11.5 Å². The lowest BCUT2D eigenvalue weighted by molar-refractivity contribution is -0.115. The lowest BCUT2D eigenvalue weighted by Gasteiger charge is -2.11. The minimum Gasteiger partial charge on any atom is -0.497 e. The number of aryl methyl sites for hydroxylation is 1. The molecule has 1 aromatic carbocycles. The Morgan fingerprint density at radius 2 is 2.00 bits per heavy atom. The van der Waals surface area contributed by atoms with E-state index in [9.17, 15) is 4.79 Å². The van der Waals surface area contributed by atoms with Crippen LogP contribution in [0.25, 0.3) is 0 Å². The number of hydrogen-bond donors (Lipinski definition) is 2. The minimum atomic E-state index is -0.188. The SMILES string of the molecule is COc1ccc(OC)c(NC(=O)Cc2csc(Nc3cccc(C)n3)n2)c1. The summed E-state index contributed by atoms with van der Waals surface area (Å²) in [7, 11) is 3.12. The zero-order chi connectivity index (χ0) is 19.2. The standard InChI is InChI=1S/C19H20N4O3S/c1-12-5-4-6-17(20-12)23-19-21-13(11-27-19)9-18(24)22-15-10-14(25-2)7-8-16(15)26-3/h4-8,10-11H,9H2,1-3H3,(H,22,24)(H,20,21,23). The molecule has 0 saturated heterocycles. The molecule has 3 aromatic rings. The van der Waals surface area contributed by atoms with Crippen LogP contribution in [-0.4, -0.2) is 30.1 Å². The minimum absolute atomic E-state index is 0.153. The zero-order valence-corrected chi connectivity index (χ0v) is 16.1. The number of aromatic nitrogens is 2. The molecule has 3 rings (SSSR count). The molecule has 2 N–H and O–H groups in total. The van der Waals surface area contributed by atoms with Gasteiger partial charge in [0.05, 0.1) is 32.0 Å². The summed E-state index contributed by atoms with van der Waals surface area (Å²) >= 11 is 1.43. The van der Waals surface area contributed by atoms with Crippen molar-refractivity contribution in [3.63, 3.8) is 0 Å². The normalized spacial score (nSPS) is 10.3. The second kappa shape index (κ2) is 8.50. The molecule has 7 nitrogen and oxygen atoms in total. The van der Waals surface area contributed by atoms with Crippen LogP contribution in [0.15, 0.2) is 41.8 Å². The zero-order valence-electron chi connectivity index (χ0n) is 15.3. The van der Waals surface area contributed by atoms with E-state index in [1.807, 2.05) is 30.5 Å². The number of nitrogens with zero attached hydrogens (tertiary/aromatic N) is 2. The maximum Gasteiger partial charge on any atom is 0.230 e. The van der Waals surface area contributed by atoms with Gasteiger partial charge in [-0.05, 0) is 31.2 Å². The van der Waals surface area contributed by atoms with Crippen LogP contribution < -0.4 is 20.1 Å². The summed E-state index contributed by atoms with van der Waals surface area (Å²) in [5, 5.41) is 8.53. The number of nitrogens with one attached hydrogen (secondary N) is 2. The van der Waals surface area contributed by atoms with E-state index in [1.54, 1.807) is 32.4 Å². The summed E-state index contributed by atoms with van der Waals surface area (Å²) in [4.78, 5) is 21.2. The fraction of sp³-hybridized carbons (Fsp3) is 0.211. The third kappa shape index (κ3) is 4.95. The lowest BCUT2D eigenvalue weighted by atomic mass is 10.2. The van der Waals surface area contributed by atoms with Gasteiger partial charge in [0.15, 0.2) is 5.13 Å². The van der Waals surface area contributed by atoms with Crippen LogP contribution >= 0.6 is 11.3 Å². The second-order valence-electron chi connectivity index (χ2n) is 5.72. The molecular formula is C19H20N4O3S. The van der Waals surface area contributed by atoms with Crippen molar-refractivity contribution < 1.29 is 14.3 Å². The molecule has 0 unspecified atom stereocenters. The molecule has 140 valence electrons. The van der Waals surface area contributed by atoms with Crippen molar-refractivity contribution in [3.8, 4) is 11.5 Å². The lowest BCUT2D eigenvalue weighted by Crippen LogP contribution is -2.15. The highest BCUT2D eigenvalue weighted by Crippen LogP contribution is 2.29. The predicted molar refractivity (Wildman–Crippen MR) is 106 cm³/mol. The quantitative estimate of drug-likeness (QED) is 0.645. The van der Waals surface area contributed by atoms with E-state index in [0.29, 0.717) is 28.0 Å². The number of anilines is 3. The Labute approximate surface area is 161 Å². The van der Waals surface area contributed by atoms with Gasteiger partial charge in [-0.15, -0.1) is 11.3 Å². The number of methoxy groups -OCH3 is 2. The Balaban J connectivity index is 1.64. The summed E-state index contributed by atoms with van der Waals surface area (Å²) in [5.74, 6) is 1.74. The maximum absolute atomic E-state index is 12.4. The average Bonchev–Trinajstić information content (AvgIpc) is 3.08. The molecule has 0 atom stereocenters. The van der Waals surface area contributed by atoms with Crippen LogP contribution in [0.3, 0.4) is 0 Å². The van der Waals surface area contributed by atoms with Gasteiger partial charge < -0.3 is 20.1 Å². The van der Waals surface area contributed by atoms with Crippen molar-refractivity contribution in [2.24, 2.45) is 0 Å². The van der Waals surface area contributed by atoms with Gasteiger partial charge in [-0.25, -0.2) is 9.97 Å². The van der Waals surface area contributed by atoms with Crippen molar-refractivity contribution in [2.45, 2.75) is 13.3 Å². The monoisotopic (exact) mass is 384 g/mol. The number of carbonyl (C=O) groups excluding carboxylic acids is 1. The molecule has 0 aliphatic heterocycles. The van der Waals surface area contributed by atoms with Crippen LogP contribution in [0, 0.1) is 6.92 Å². The highest BCUT2D eigenvalue weighted by Gasteiger charge is 2.12. The third-order valence-corrected chi connectivity index (χ3v) is 4.50. The Bertz CT molecular complexity index is 942. The highest BCUT2D eigenvalue weighted by atomic mass is 32.1. The van der Waals surface area contributed by atoms with Gasteiger partial charge in [0.2, 0.25) is 5.91 Å². The largest absolute Gasteiger partial charge is 0.497 e. The number of amides is 1. The van der Waals surface area contributed by atoms with E-state index in [4.69, 9.17) is 9.47 Å². The van der Waals surface area contributed by atoms with Crippen molar-refractivity contribution in [1.82, 2.24) is 9.97 Å². The number of pyridine rings is 1. The van der Waals surface area contributed by atoms with E-state index < -0.39 is 0 Å². The number of thiazole rings is 1. The number of benzene rings is 1. The molecule has 0 radical (unpaired) electrons. The molecule has 0 spiro atoms. The van der Waals surface area contributed by atoms with Gasteiger partial charge in [0.25, 0.3) is 0 Å². The summed E-state index contributed by atoms with van der Waals surface area (Å²) in [5.41, 5.74) is 2.15. The third-order valence-electron chi connectivity index (χ3n) is 3.70. The van der Waals surface area contributed by atoms with Crippen LogP contribution in [-0.2, 0) is 11.2 Å². The first-order chi connectivity index (χ1) is 13.1. The molecular weight excluding hydrogens is 364 g/mol. The second-order valence-corrected chi connectivity index (χ2v) is 6.58. The van der Waals surface area contributed by atoms with Crippen LogP contribution in [0.1, 0.15) is 11.4 Å². The van der Waals surface area contributed by atoms with Gasteiger partial charge in [-0.1, -0.05) is 6.07 Å². The van der Waals surface area contributed by atoms with Gasteiger partial charge in [0, 0.05) is 17.1 Å². The molecule has 2 aromatic heterocycles. The Morgan fingerprint density at radius 3 is 2.74 bits per heavy atom. The first kappa shape index (κ1) is 18.7. The summed E-state index contributed by atoms with van der Waals surface area (Å²) < 4.78 is 10.5. The van der Waals surface area contributed by atoms with Gasteiger partial charge in [0.1, 0.15) is 17.3 Å². The fourth-order valence-corrected chi connectivity index (χ4v) is 3.16. The molecule has 8 heteroatoms. The molecule has 0 bridgehead atoms. The van der Waals surface area contributed by atoms with Gasteiger partial charge in [-0.3, -0.25) is 4.79 Å². The summed E-state index contributed by atoms with van der Waals surface area (Å²) in [6, 6.07) is 11.0. The first-order valence-electron chi connectivity index (χ1n) is 8.24. The van der Waals surface area contributed by atoms with Crippen molar-refractivity contribution >= 4 is 33.9 Å². The highest BCUT2D eigenvalue weighted by molar-refractivity contribution is 7.13. The average molecular weight is 384 g/mol. The molecule has 0 aliphatic rings. The summed E-state index contributed by atoms with van der Waals surface area (Å²) in [6.07, 6.45) is 0.153. The van der Waals surface area contributed by atoms with Crippen molar-refractivity contribution in [2.75, 3.05) is 24.9 Å². The predicted octanol–water partition coefficient (Wildman–Crippen LogP) is 3.79. The van der Waals surface area contributed by atoms with E-state index in [1.165, 1.54) is 11.3 Å². The van der Waals surface area contributed by atoms with Crippen LogP contribution in [0.2, 0.25) is 0 Å². The number of ether oxygens (including phenoxy) is 2. The molecule has 2 heterocycles. The van der Waals surface area contributed by atoms with Crippen LogP contribution in [0.4, 0.5) is 16.6 Å². The van der Waals surface area contributed by atoms with E-state index in [0.717, 1.165) is 11.5 Å². The number of hydrogen-bond acceptors (Lipinski definition) is 7. The molecule has 0 aliphatic carbocycles. The van der Waals surface area contributed by atoms with Gasteiger partial charge >= 0.3 is 0 Å². The van der Waals surface area contributed by atoms with Crippen molar-refractivity contribution in [1.29, 1.82) is 0 Å².